The zero-order valence-electron chi connectivity index (χ0n) is 20.4. The fraction of sp³-hybridized carbons (Fsp3) is 0.233. The van der Waals surface area contributed by atoms with Crippen molar-refractivity contribution >= 4 is 28.5 Å². The standard InChI is InChI=1S/C30H28N4O3/c35-28(36)26-23-13-7-8-14-25(23)32-27(21-9-3-1-4-10-21)24(26)19-33-17-15-30(16-18-33)29(37)31-20-34(30)22-11-5-2-6-12-22/h1-14H,15-20H2,(H,31,37)(H,35,36). The van der Waals surface area contributed by atoms with E-state index in [1.54, 1.807) is 0 Å². The first kappa shape index (κ1) is 23.2. The number of piperidine rings is 1. The summed E-state index contributed by atoms with van der Waals surface area (Å²) in [7, 11) is 0. The minimum atomic E-state index is -0.954. The molecule has 7 heteroatoms. The van der Waals surface area contributed by atoms with Gasteiger partial charge in [0.25, 0.3) is 0 Å². The van der Waals surface area contributed by atoms with Gasteiger partial charge in [0.05, 0.1) is 23.4 Å². The molecule has 0 atom stereocenters. The van der Waals surface area contributed by atoms with Crippen LogP contribution < -0.4 is 10.2 Å². The summed E-state index contributed by atoms with van der Waals surface area (Å²) in [6, 6.07) is 27.2. The molecule has 3 heterocycles. The number of likely N-dealkylation sites (tertiary alicyclic amines) is 1. The highest BCUT2D eigenvalue weighted by Crippen LogP contribution is 2.38. The Kier molecular flexibility index (Phi) is 5.85. The summed E-state index contributed by atoms with van der Waals surface area (Å²) in [6.07, 6.45) is 1.33. The van der Waals surface area contributed by atoms with E-state index in [0.29, 0.717) is 66.9 Å². The van der Waals surface area contributed by atoms with Crippen molar-refractivity contribution in [2.75, 3.05) is 24.7 Å². The van der Waals surface area contributed by atoms with Crippen molar-refractivity contribution in [3.63, 3.8) is 0 Å². The van der Waals surface area contributed by atoms with E-state index in [1.807, 2.05) is 84.9 Å². The lowest BCUT2D eigenvalue weighted by Crippen LogP contribution is -2.56. The predicted molar refractivity (Wildman–Crippen MR) is 143 cm³/mol. The number of pyridine rings is 1. The van der Waals surface area contributed by atoms with E-state index in [2.05, 4.69) is 15.1 Å². The van der Waals surface area contributed by atoms with Gasteiger partial charge in [-0.05, 0) is 31.0 Å². The topological polar surface area (TPSA) is 85.8 Å². The molecule has 4 aromatic rings. The molecular formula is C30H28N4O3. The summed E-state index contributed by atoms with van der Waals surface area (Å²) < 4.78 is 0. The van der Waals surface area contributed by atoms with E-state index in [0.717, 1.165) is 11.3 Å². The molecule has 2 aliphatic rings. The van der Waals surface area contributed by atoms with Crippen molar-refractivity contribution in [1.29, 1.82) is 0 Å². The molecule has 2 aliphatic heterocycles. The van der Waals surface area contributed by atoms with Crippen molar-refractivity contribution in [3.8, 4) is 11.3 Å². The molecule has 0 radical (unpaired) electrons. The number of carboxylic acids is 1. The zero-order chi connectivity index (χ0) is 25.4. The largest absolute Gasteiger partial charge is 0.478 e. The third kappa shape index (κ3) is 4.01. The second-order valence-electron chi connectivity index (χ2n) is 9.74. The fourth-order valence-corrected chi connectivity index (χ4v) is 5.82. The van der Waals surface area contributed by atoms with Crippen LogP contribution in [0.5, 0.6) is 0 Å². The highest BCUT2D eigenvalue weighted by molar-refractivity contribution is 6.05. The molecule has 0 aliphatic carbocycles. The Morgan fingerprint density at radius 2 is 1.57 bits per heavy atom. The van der Waals surface area contributed by atoms with Gasteiger partial charge in [0.15, 0.2) is 0 Å². The minimum Gasteiger partial charge on any atom is -0.478 e. The minimum absolute atomic E-state index is 0.0691. The van der Waals surface area contributed by atoms with E-state index in [1.165, 1.54) is 0 Å². The van der Waals surface area contributed by atoms with E-state index >= 15 is 0 Å². The molecule has 2 N–H and O–H groups in total. The van der Waals surface area contributed by atoms with Crippen LogP contribution in [-0.4, -0.2) is 52.2 Å². The molecule has 2 saturated heterocycles. The van der Waals surface area contributed by atoms with Crippen LogP contribution in [0.4, 0.5) is 5.69 Å². The summed E-state index contributed by atoms with van der Waals surface area (Å²) in [4.78, 5) is 35.0. The van der Waals surface area contributed by atoms with Gasteiger partial charge in [0.1, 0.15) is 5.54 Å². The molecule has 3 aromatic carbocycles. The number of aromatic nitrogens is 1. The van der Waals surface area contributed by atoms with Crippen LogP contribution in [0.1, 0.15) is 28.8 Å². The number of hydrogen-bond donors (Lipinski definition) is 2. The van der Waals surface area contributed by atoms with E-state index in [4.69, 9.17) is 4.98 Å². The molecular weight excluding hydrogens is 464 g/mol. The van der Waals surface area contributed by atoms with Gasteiger partial charge < -0.3 is 15.3 Å². The lowest BCUT2D eigenvalue weighted by Gasteiger charge is -2.43. The Morgan fingerprint density at radius 1 is 0.919 bits per heavy atom. The predicted octanol–water partition coefficient (Wildman–Crippen LogP) is 4.53. The number of para-hydroxylation sites is 2. The quantitative estimate of drug-likeness (QED) is 0.426. The Morgan fingerprint density at radius 3 is 2.27 bits per heavy atom. The molecule has 0 saturated carbocycles. The smallest absolute Gasteiger partial charge is 0.336 e. The lowest BCUT2D eigenvalue weighted by molar-refractivity contribution is -0.125. The van der Waals surface area contributed by atoms with Crippen LogP contribution in [0.25, 0.3) is 22.2 Å². The number of carbonyl (C=O) groups is 2. The molecule has 186 valence electrons. The summed E-state index contributed by atoms with van der Waals surface area (Å²) >= 11 is 0. The van der Waals surface area contributed by atoms with E-state index < -0.39 is 11.5 Å². The molecule has 6 rings (SSSR count). The monoisotopic (exact) mass is 492 g/mol. The zero-order valence-corrected chi connectivity index (χ0v) is 20.4. The molecule has 1 amide bonds. The Bertz CT molecular complexity index is 1460. The number of fused-ring (bicyclic) bond motifs is 1. The maximum absolute atomic E-state index is 13.1. The van der Waals surface area contributed by atoms with E-state index in [9.17, 15) is 14.7 Å². The number of anilines is 1. The lowest BCUT2D eigenvalue weighted by atomic mass is 9.85. The van der Waals surface area contributed by atoms with Gasteiger partial charge in [-0.25, -0.2) is 9.78 Å². The number of benzene rings is 3. The van der Waals surface area contributed by atoms with E-state index in [-0.39, 0.29) is 5.91 Å². The van der Waals surface area contributed by atoms with Gasteiger partial charge in [-0.1, -0.05) is 66.7 Å². The summed E-state index contributed by atoms with van der Waals surface area (Å²) in [6.45, 7) is 2.30. The molecule has 1 aromatic heterocycles. The van der Waals surface area contributed by atoms with Gasteiger partial charge in [0.2, 0.25) is 5.91 Å². The number of aromatic carboxylic acids is 1. The third-order valence-corrected chi connectivity index (χ3v) is 7.72. The maximum Gasteiger partial charge on any atom is 0.336 e. The Hall–Kier alpha value is -4.23. The molecule has 2 fully saturated rings. The number of hydrogen-bond acceptors (Lipinski definition) is 5. The molecule has 0 unspecified atom stereocenters. The average Bonchev–Trinajstić information content (AvgIpc) is 3.25. The van der Waals surface area contributed by atoms with Gasteiger partial charge in [0, 0.05) is 41.8 Å². The van der Waals surface area contributed by atoms with Crippen molar-refractivity contribution in [2.45, 2.75) is 24.9 Å². The normalized spacial score (nSPS) is 17.3. The number of rotatable bonds is 5. The van der Waals surface area contributed by atoms with Crippen molar-refractivity contribution in [2.24, 2.45) is 0 Å². The van der Waals surface area contributed by atoms with Crippen LogP contribution in [0.3, 0.4) is 0 Å². The highest BCUT2D eigenvalue weighted by atomic mass is 16.4. The molecule has 0 bridgehead atoms. The van der Waals surface area contributed by atoms with Crippen LogP contribution in [0.15, 0.2) is 84.9 Å². The summed E-state index contributed by atoms with van der Waals surface area (Å²) in [5.41, 5.74) is 3.72. The van der Waals surface area contributed by atoms with Gasteiger partial charge in [-0.15, -0.1) is 0 Å². The van der Waals surface area contributed by atoms with Crippen LogP contribution in [0, 0.1) is 0 Å². The van der Waals surface area contributed by atoms with Crippen LogP contribution >= 0.6 is 0 Å². The van der Waals surface area contributed by atoms with Crippen LogP contribution in [-0.2, 0) is 11.3 Å². The number of nitrogens with one attached hydrogen (secondary N) is 1. The first-order chi connectivity index (χ1) is 18.1. The molecule has 1 spiro atoms. The number of nitrogens with zero attached hydrogens (tertiary/aromatic N) is 3. The highest BCUT2D eigenvalue weighted by Gasteiger charge is 2.50. The number of carbonyl (C=O) groups excluding carboxylic acids is 1. The average molecular weight is 493 g/mol. The van der Waals surface area contributed by atoms with Crippen LogP contribution in [0.2, 0.25) is 0 Å². The fourth-order valence-electron chi connectivity index (χ4n) is 5.82. The van der Waals surface area contributed by atoms with Crippen molar-refractivity contribution in [1.82, 2.24) is 15.2 Å². The number of carboxylic acid groups (broad SMARTS) is 1. The Balaban J connectivity index is 1.35. The molecule has 37 heavy (non-hydrogen) atoms. The van der Waals surface area contributed by atoms with Gasteiger partial charge in [-0.2, -0.15) is 0 Å². The van der Waals surface area contributed by atoms with Gasteiger partial charge >= 0.3 is 5.97 Å². The summed E-state index contributed by atoms with van der Waals surface area (Å²) in [5.74, 6) is -0.885. The second-order valence-corrected chi connectivity index (χ2v) is 9.74. The van der Waals surface area contributed by atoms with Crippen molar-refractivity contribution in [3.05, 3.63) is 96.1 Å². The number of amides is 1. The first-order valence-corrected chi connectivity index (χ1v) is 12.6. The van der Waals surface area contributed by atoms with Crippen molar-refractivity contribution < 1.29 is 14.7 Å². The molecule has 7 nitrogen and oxygen atoms in total. The summed E-state index contributed by atoms with van der Waals surface area (Å²) in [5, 5.41) is 14.0. The first-order valence-electron chi connectivity index (χ1n) is 12.6. The van der Waals surface area contributed by atoms with Gasteiger partial charge in [-0.3, -0.25) is 9.69 Å². The second kappa shape index (κ2) is 9.33. The maximum atomic E-state index is 13.1. The SMILES string of the molecule is O=C(O)c1c(CN2CCC3(CC2)C(=O)NCN3c2ccccc2)c(-c2ccccc2)nc2ccccc12. The Labute approximate surface area is 215 Å². The third-order valence-electron chi connectivity index (χ3n) is 7.72.